The van der Waals surface area contributed by atoms with Gasteiger partial charge in [-0.3, -0.25) is 0 Å². The molecule has 0 unspecified atom stereocenters. The van der Waals surface area contributed by atoms with E-state index in [4.69, 9.17) is 5.41 Å². The molecule has 0 aromatic carbocycles. The molecule has 0 saturated carbocycles. The van der Waals surface area contributed by atoms with Crippen LogP contribution in [0.1, 0.15) is 0 Å². The minimum atomic E-state index is 0. The third kappa shape index (κ3) is 2320. The van der Waals surface area contributed by atoms with Gasteiger partial charge in [0.25, 0.3) is 0 Å². The molecule has 0 rings (SSSR count). The predicted octanol–water partition coefficient (Wildman–Crippen LogP) is 2.19. The van der Waals surface area contributed by atoms with E-state index in [1.54, 1.807) is 19.3 Å². The molecular formula is C5H13N2RhS. The van der Waals surface area contributed by atoms with Crippen molar-refractivity contribution in [3.63, 3.8) is 0 Å². The number of rotatable bonds is 0. The summed E-state index contributed by atoms with van der Waals surface area (Å²) >= 11 is 3.81. The Morgan fingerprint density at radius 3 is 1.33 bits per heavy atom. The average Bonchev–Trinajstić information content (AvgIpc) is 1.39. The van der Waals surface area contributed by atoms with Gasteiger partial charge in [0, 0.05) is 0 Å². The Hall–Kier alpha value is 0.383. The van der Waals surface area contributed by atoms with Gasteiger partial charge >= 0.3 is 19.5 Å². The van der Waals surface area contributed by atoms with Crippen molar-refractivity contribution in [2.45, 2.75) is 0 Å². The zero-order valence-corrected chi connectivity index (χ0v) is 8.64. The van der Waals surface area contributed by atoms with Crippen LogP contribution in [0.5, 0.6) is 0 Å². The van der Waals surface area contributed by atoms with Crippen molar-refractivity contribution in [3.8, 4) is 0 Å². The Kier molecular flexibility index (Phi) is 307. The van der Waals surface area contributed by atoms with Crippen molar-refractivity contribution in [2.24, 2.45) is 0 Å². The van der Waals surface area contributed by atoms with Gasteiger partial charge in [-0.2, -0.15) is 14.1 Å². The summed E-state index contributed by atoms with van der Waals surface area (Å²) in [5, 5.41) is 10.9. The van der Waals surface area contributed by atoms with Crippen molar-refractivity contribution in [1.82, 2.24) is 0 Å². The monoisotopic (exact) mass is 236 g/mol. The largest absolute Gasteiger partial charge is 3.00 e. The van der Waals surface area contributed by atoms with Crippen LogP contribution in [-0.4, -0.2) is 19.3 Å². The second-order valence-corrected chi connectivity index (χ2v) is 0.753. The first kappa shape index (κ1) is 34.3. The van der Waals surface area contributed by atoms with Crippen LogP contribution in [0.15, 0.2) is 0 Å². The standard InChI is InChI=1S/C2H6N.CHNS.2CH3.Rh/c1-3-2;2-1-3;;;/h1-2H3;2H;2*1H3;/q-1;;2*-1;+3. The van der Waals surface area contributed by atoms with E-state index in [1.807, 2.05) is 0 Å². The van der Waals surface area contributed by atoms with Crippen LogP contribution in [-0.2, 0) is 19.5 Å². The van der Waals surface area contributed by atoms with Gasteiger partial charge in [0.15, 0.2) is 0 Å². The van der Waals surface area contributed by atoms with Crippen LogP contribution in [0.4, 0.5) is 0 Å². The summed E-state index contributed by atoms with van der Waals surface area (Å²) in [6, 6.07) is 0. The summed E-state index contributed by atoms with van der Waals surface area (Å²) in [4.78, 5) is 0. The summed E-state index contributed by atoms with van der Waals surface area (Å²) in [6.07, 6.45) is 0. The van der Waals surface area contributed by atoms with Gasteiger partial charge in [0.2, 0.25) is 0 Å². The Morgan fingerprint density at radius 2 is 1.33 bits per heavy atom. The van der Waals surface area contributed by atoms with Crippen LogP contribution in [0.3, 0.4) is 0 Å². The quantitative estimate of drug-likeness (QED) is 0.297. The molecule has 0 spiro atoms. The molecule has 4 heteroatoms. The molecule has 0 aromatic rings. The second kappa shape index (κ2) is 80.5. The van der Waals surface area contributed by atoms with Gasteiger partial charge in [0.05, 0.1) is 5.16 Å². The van der Waals surface area contributed by atoms with Gasteiger partial charge in [-0.15, -0.1) is 0 Å². The van der Waals surface area contributed by atoms with E-state index in [1.165, 1.54) is 0 Å². The molecule has 0 aliphatic carbocycles. The molecule has 2 nitrogen and oxygen atoms in total. The van der Waals surface area contributed by atoms with Crippen molar-refractivity contribution >= 4 is 17.4 Å². The fraction of sp³-hybridized carbons (Fsp3) is 0.400. The summed E-state index contributed by atoms with van der Waals surface area (Å²) < 4.78 is 0. The molecule has 1 N–H and O–H groups in total. The molecule has 0 radical (unpaired) electrons. The Bertz CT molecular complexity index is 44.2. The first-order chi connectivity index (χ1) is 2.83. The summed E-state index contributed by atoms with van der Waals surface area (Å²) in [5.41, 5.74) is 0. The number of hydrogen-bond acceptors (Lipinski definition) is 2. The number of nitrogens with one attached hydrogen (secondary N) is 1. The molecule has 0 aliphatic rings. The van der Waals surface area contributed by atoms with E-state index in [0.29, 0.717) is 0 Å². The zero-order valence-electron chi connectivity index (χ0n) is 6.19. The van der Waals surface area contributed by atoms with Crippen LogP contribution in [0.2, 0.25) is 0 Å². The molecule has 0 saturated heterocycles. The number of nitrogens with zero attached hydrogens (tertiary/aromatic N) is 1. The number of thiocarbonyl (C=S) groups is 1. The first-order valence-corrected chi connectivity index (χ1v) is 1.76. The molecule has 0 fully saturated rings. The van der Waals surface area contributed by atoms with Crippen LogP contribution in [0.25, 0.3) is 5.32 Å². The van der Waals surface area contributed by atoms with E-state index in [0.717, 1.165) is 0 Å². The van der Waals surface area contributed by atoms with E-state index in [9.17, 15) is 0 Å². The maximum absolute atomic E-state index is 5.77. The second-order valence-electron chi connectivity index (χ2n) is 0.549. The third-order valence-corrected chi connectivity index (χ3v) is 0. The molecule has 0 aliphatic heterocycles. The summed E-state index contributed by atoms with van der Waals surface area (Å²) in [6.45, 7) is 0. The number of hydrogen-bond donors (Lipinski definition) is 1. The minimum absolute atomic E-state index is 0. The molecule has 0 heterocycles. The van der Waals surface area contributed by atoms with E-state index < -0.39 is 0 Å². The molecular weight excluding hydrogens is 223 g/mol. The normalized spacial score (nSPS) is 2.89. The van der Waals surface area contributed by atoms with Crippen molar-refractivity contribution in [3.05, 3.63) is 20.2 Å². The van der Waals surface area contributed by atoms with Gasteiger partial charge in [-0.05, 0) is 12.2 Å². The molecule has 0 atom stereocenters. The van der Waals surface area contributed by atoms with Gasteiger partial charge in [0.1, 0.15) is 0 Å². The maximum Gasteiger partial charge on any atom is 3.00 e. The molecule has 0 bridgehead atoms. The smallest absolute Gasteiger partial charge is 0.668 e. The first-order valence-electron chi connectivity index (χ1n) is 1.35. The van der Waals surface area contributed by atoms with Crippen LogP contribution >= 0.6 is 12.2 Å². The molecule has 58 valence electrons. The van der Waals surface area contributed by atoms with E-state index >= 15 is 0 Å². The Morgan fingerprint density at radius 1 is 1.33 bits per heavy atom. The van der Waals surface area contributed by atoms with Gasteiger partial charge in [-0.1, -0.05) is 0 Å². The van der Waals surface area contributed by atoms with Crippen LogP contribution < -0.4 is 0 Å². The summed E-state index contributed by atoms with van der Waals surface area (Å²) in [7, 11) is 3.50. The Balaban J connectivity index is -0.00000000889. The van der Waals surface area contributed by atoms with Gasteiger partial charge < -0.3 is 20.2 Å². The van der Waals surface area contributed by atoms with Gasteiger partial charge in [-0.25, -0.2) is 5.41 Å². The van der Waals surface area contributed by atoms with Crippen molar-refractivity contribution in [2.75, 3.05) is 14.1 Å². The average molecular weight is 236 g/mol. The van der Waals surface area contributed by atoms with Crippen LogP contribution in [0, 0.1) is 20.3 Å². The summed E-state index contributed by atoms with van der Waals surface area (Å²) in [5.74, 6) is 0. The van der Waals surface area contributed by atoms with Crippen molar-refractivity contribution < 1.29 is 19.5 Å². The fourth-order valence-electron chi connectivity index (χ4n) is 0. The zero-order chi connectivity index (χ0) is 5.41. The van der Waals surface area contributed by atoms with E-state index in [-0.39, 0.29) is 34.3 Å². The number of isothiocyanates is 1. The predicted molar refractivity (Wildman–Crippen MR) is 43.4 cm³/mol. The Labute approximate surface area is 76.7 Å². The van der Waals surface area contributed by atoms with E-state index in [2.05, 4.69) is 17.5 Å². The molecule has 0 amide bonds. The molecule has 0 aromatic heterocycles. The van der Waals surface area contributed by atoms with Crippen molar-refractivity contribution in [1.29, 1.82) is 5.41 Å². The SMILES string of the molecule is C[N-]C.N=C=S.[CH3-].[CH3-].[Rh+3]. The fourth-order valence-corrected chi connectivity index (χ4v) is 0. The maximum atomic E-state index is 5.77. The topological polar surface area (TPSA) is 38.0 Å². The minimum Gasteiger partial charge on any atom is -0.668 e. The third-order valence-electron chi connectivity index (χ3n) is 0. The molecule has 9 heavy (non-hydrogen) atoms.